The van der Waals surface area contributed by atoms with E-state index in [0.29, 0.717) is 30.8 Å². The van der Waals surface area contributed by atoms with Crippen molar-refractivity contribution in [2.24, 2.45) is 28.4 Å². The first-order valence-electron chi connectivity index (χ1n) is 10.8. The largest absolute Gasteiger partial charge is 0.425 e. The summed E-state index contributed by atoms with van der Waals surface area (Å²) in [6.45, 7) is 9.27. The molecule has 2 N–H and O–H groups in total. The maximum absolute atomic E-state index is 12.7. The molecule has 29 heavy (non-hydrogen) atoms. The molecule has 2 saturated heterocycles. The number of likely N-dealkylation sites (tertiary alicyclic amines) is 2. The fourth-order valence-electron chi connectivity index (χ4n) is 5.91. The molecule has 1 atom stereocenters. The molecule has 2 bridgehead atoms. The van der Waals surface area contributed by atoms with Gasteiger partial charge in [-0.3, -0.25) is 4.79 Å². The van der Waals surface area contributed by atoms with Gasteiger partial charge in [-0.05, 0) is 42.4 Å². The lowest BCUT2D eigenvalue weighted by atomic mass is 9.31. The van der Waals surface area contributed by atoms with Gasteiger partial charge in [-0.1, -0.05) is 20.8 Å². The maximum atomic E-state index is 12.7. The van der Waals surface area contributed by atoms with Gasteiger partial charge in [-0.25, -0.2) is 4.79 Å². The first kappa shape index (κ1) is 18.9. The highest BCUT2D eigenvalue weighted by molar-refractivity contribution is 5.80. The summed E-state index contributed by atoms with van der Waals surface area (Å²) in [5.41, 5.74) is 5.97. The van der Waals surface area contributed by atoms with Crippen molar-refractivity contribution in [1.29, 1.82) is 0 Å². The Bertz CT molecular complexity index is 831. The van der Waals surface area contributed by atoms with E-state index in [0.717, 1.165) is 50.6 Å². The number of carbonyl (C=O) groups excluding carboxylic acids is 2. The van der Waals surface area contributed by atoms with Gasteiger partial charge in [0.25, 0.3) is 0 Å². The molecule has 0 unspecified atom stereocenters. The summed E-state index contributed by atoms with van der Waals surface area (Å²) in [6, 6.07) is 0.0648. The number of nitrogens with two attached hydrogens (primary N) is 1. The molecule has 0 spiro atoms. The Morgan fingerprint density at radius 2 is 1.83 bits per heavy atom. The van der Waals surface area contributed by atoms with E-state index < -0.39 is 0 Å². The number of hydrogen-bond acceptors (Lipinski definition) is 5. The van der Waals surface area contributed by atoms with E-state index in [-0.39, 0.29) is 28.7 Å². The Labute approximate surface area is 171 Å². The monoisotopic (exact) mass is 401 g/mol. The molecule has 1 aromatic rings. The zero-order valence-electron chi connectivity index (χ0n) is 17.6. The molecule has 1 aromatic heterocycles. The van der Waals surface area contributed by atoms with Gasteiger partial charge in [0.2, 0.25) is 17.7 Å². The number of nitrogens with zero attached hydrogens (tertiary/aromatic N) is 4. The average Bonchev–Trinajstić information content (AvgIpc) is 3.14. The van der Waals surface area contributed by atoms with Crippen molar-refractivity contribution in [1.82, 2.24) is 20.0 Å². The number of primary amides is 1. The summed E-state index contributed by atoms with van der Waals surface area (Å²) in [7, 11) is 0. The summed E-state index contributed by atoms with van der Waals surface area (Å²) in [5, 5.41) is 8.62. The molecule has 2 aliphatic heterocycles. The highest BCUT2D eigenvalue weighted by Crippen LogP contribution is 2.77. The molecule has 5 aliphatic rings. The van der Waals surface area contributed by atoms with Crippen molar-refractivity contribution in [3.63, 3.8) is 0 Å². The van der Waals surface area contributed by atoms with Crippen LogP contribution in [0.25, 0.3) is 0 Å². The molecule has 0 aromatic carbocycles. The van der Waals surface area contributed by atoms with E-state index in [2.05, 4.69) is 31.0 Å². The number of urea groups is 1. The number of carbonyl (C=O) groups is 2. The minimum atomic E-state index is -0.298. The zero-order chi connectivity index (χ0) is 20.6. The Morgan fingerprint density at radius 1 is 1.14 bits per heavy atom. The van der Waals surface area contributed by atoms with Crippen molar-refractivity contribution in [3.05, 3.63) is 11.8 Å². The summed E-state index contributed by atoms with van der Waals surface area (Å²) < 4.78 is 6.01. The minimum absolute atomic E-state index is 0.0648. The van der Waals surface area contributed by atoms with E-state index in [4.69, 9.17) is 10.2 Å². The van der Waals surface area contributed by atoms with Gasteiger partial charge in [0.15, 0.2) is 0 Å². The van der Waals surface area contributed by atoms with E-state index >= 15 is 0 Å². The normalized spacial score (nSPS) is 33.8. The Hall–Kier alpha value is -2.12. The number of rotatable bonds is 4. The van der Waals surface area contributed by atoms with E-state index in [1.165, 1.54) is 0 Å². The molecule has 3 saturated carbocycles. The molecular weight excluding hydrogens is 370 g/mol. The van der Waals surface area contributed by atoms with Crippen molar-refractivity contribution in [3.8, 4) is 0 Å². The third-order valence-electron chi connectivity index (χ3n) is 7.55. The van der Waals surface area contributed by atoms with Crippen LogP contribution in [0.4, 0.5) is 4.79 Å². The molecule has 3 amide bonds. The Balaban J connectivity index is 1.12. The van der Waals surface area contributed by atoms with Crippen LogP contribution in [0, 0.1) is 22.7 Å². The third-order valence-corrected chi connectivity index (χ3v) is 7.55. The van der Waals surface area contributed by atoms with Gasteiger partial charge < -0.3 is 20.0 Å². The van der Waals surface area contributed by atoms with Crippen molar-refractivity contribution >= 4 is 11.9 Å². The lowest BCUT2D eigenvalue weighted by Gasteiger charge is -2.74. The second kappa shape index (κ2) is 5.95. The van der Waals surface area contributed by atoms with Gasteiger partial charge in [0.05, 0.1) is 11.3 Å². The highest BCUT2D eigenvalue weighted by atomic mass is 16.4. The standard InChI is InChI=1S/C21H31N5O3/c1-19(2,3)6-15-23-24-17(29-15)21-10-20(11-21,12-21)14-8-26(9-14)18(28)25-5-4-13(7-25)16(22)27/h13-14H,4-12H2,1-3H3,(H2,22,27)/t13-,20?,21?/m0/s1. The lowest BCUT2D eigenvalue weighted by molar-refractivity contribution is -0.215. The predicted molar refractivity (Wildman–Crippen MR) is 105 cm³/mol. The summed E-state index contributed by atoms with van der Waals surface area (Å²) in [4.78, 5) is 27.7. The van der Waals surface area contributed by atoms with Crippen molar-refractivity contribution in [2.45, 2.75) is 58.3 Å². The summed E-state index contributed by atoms with van der Waals surface area (Å²) in [5.74, 6) is 1.64. The Kier molecular flexibility index (Phi) is 3.87. The van der Waals surface area contributed by atoms with E-state index in [1.54, 1.807) is 4.90 Å². The molecule has 3 aliphatic carbocycles. The van der Waals surface area contributed by atoms with Gasteiger partial charge in [0.1, 0.15) is 0 Å². The molecule has 3 heterocycles. The number of aromatic nitrogens is 2. The lowest BCUT2D eigenvalue weighted by Crippen LogP contribution is -2.73. The molecule has 0 radical (unpaired) electrons. The van der Waals surface area contributed by atoms with Crippen LogP contribution in [0.5, 0.6) is 0 Å². The number of amides is 3. The second-order valence-corrected chi connectivity index (χ2v) is 11.1. The van der Waals surface area contributed by atoms with Crippen LogP contribution in [0.1, 0.15) is 58.2 Å². The molecule has 6 rings (SSSR count). The van der Waals surface area contributed by atoms with Crippen LogP contribution in [-0.4, -0.2) is 58.1 Å². The summed E-state index contributed by atoms with van der Waals surface area (Å²) in [6.07, 6.45) is 4.81. The van der Waals surface area contributed by atoms with Crippen molar-refractivity contribution < 1.29 is 14.0 Å². The molecule has 5 fully saturated rings. The molecule has 158 valence electrons. The fraction of sp³-hybridized carbons (Fsp3) is 0.810. The van der Waals surface area contributed by atoms with Gasteiger partial charge in [-0.2, -0.15) is 0 Å². The quantitative estimate of drug-likeness (QED) is 0.830. The predicted octanol–water partition coefficient (Wildman–Crippen LogP) is 1.94. The van der Waals surface area contributed by atoms with Crippen LogP contribution in [-0.2, 0) is 16.6 Å². The van der Waals surface area contributed by atoms with Crippen molar-refractivity contribution in [2.75, 3.05) is 26.2 Å². The van der Waals surface area contributed by atoms with Crippen LogP contribution in [0.3, 0.4) is 0 Å². The van der Waals surface area contributed by atoms with Crippen LogP contribution in [0.2, 0.25) is 0 Å². The first-order valence-corrected chi connectivity index (χ1v) is 10.8. The zero-order valence-corrected chi connectivity index (χ0v) is 17.6. The number of hydrogen-bond donors (Lipinski definition) is 1. The first-order chi connectivity index (χ1) is 13.6. The van der Waals surface area contributed by atoms with Gasteiger partial charge in [-0.15, -0.1) is 10.2 Å². The van der Waals surface area contributed by atoms with Crippen LogP contribution < -0.4 is 5.73 Å². The average molecular weight is 402 g/mol. The van der Waals surface area contributed by atoms with E-state index in [9.17, 15) is 9.59 Å². The van der Waals surface area contributed by atoms with Gasteiger partial charge >= 0.3 is 6.03 Å². The minimum Gasteiger partial charge on any atom is -0.425 e. The smallest absolute Gasteiger partial charge is 0.320 e. The Morgan fingerprint density at radius 3 is 2.41 bits per heavy atom. The van der Waals surface area contributed by atoms with Crippen LogP contribution in [0.15, 0.2) is 4.42 Å². The maximum Gasteiger partial charge on any atom is 0.320 e. The fourth-order valence-corrected chi connectivity index (χ4v) is 5.91. The third kappa shape index (κ3) is 2.94. The second-order valence-electron chi connectivity index (χ2n) is 11.1. The van der Waals surface area contributed by atoms with Gasteiger partial charge in [0, 0.05) is 32.6 Å². The molecular formula is C21H31N5O3. The molecule has 8 heteroatoms. The van der Waals surface area contributed by atoms with E-state index in [1.807, 2.05) is 4.90 Å². The molecule has 8 nitrogen and oxygen atoms in total. The SMILES string of the molecule is CC(C)(C)Cc1nnc(C23CC(C4CN(C(=O)N5CC[C@H](C(N)=O)C5)C4)(C2)C3)o1. The van der Waals surface area contributed by atoms with Crippen LogP contribution >= 0.6 is 0 Å². The summed E-state index contributed by atoms with van der Waals surface area (Å²) >= 11 is 0. The topological polar surface area (TPSA) is 106 Å². The highest BCUT2D eigenvalue weighted by Gasteiger charge is 2.74.